The molecule has 0 spiro atoms. The van der Waals surface area contributed by atoms with Crippen LogP contribution < -0.4 is 10.6 Å². The van der Waals surface area contributed by atoms with E-state index in [0.29, 0.717) is 5.69 Å². The summed E-state index contributed by atoms with van der Waals surface area (Å²) in [5.41, 5.74) is 0.470. The predicted molar refractivity (Wildman–Crippen MR) is 69.1 cm³/mol. The van der Waals surface area contributed by atoms with Crippen molar-refractivity contribution in [2.45, 2.75) is 24.9 Å². The summed E-state index contributed by atoms with van der Waals surface area (Å²) in [6.07, 6.45) is 2.41. The Morgan fingerprint density at radius 1 is 1.39 bits per heavy atom. The van der Waals surface area contributed by atoms with E-state index in [2.05, 4.69) is 15.6 Å². The maximum Gasteiger partial charge on any atom is 0.238 e. The van der Waals surface area contributed by atoms with Crippen LogP contribution in [0.2, 0.25) is 0 Å². The third-order valence-corrected chi connectivity index (χ3v) is 3.07. The lowest BCUT2D eigenvalue weighted by molar-refractivity contribution is -0.115. The molecular formula is C11H17N3O3S. The normalized spacial score (nSPS) is 11.6. The van der Waals surface area contributed by atoms with Crippen molar-refractivity contribution < 1.29 is 13.2 Å². The summed E-state index contributed by atoms with van der Waals surface area (Å²) in [7, 11) is -3.31. The first-order chi connectivity index (χ1) is 8.29. The van der Waals surface area contributed by atoms with Crippen LogP contribution in [0.25, 0.3) is 0 Å². The topological polar surface area (TPSA) is 88.2 Å². The van der Waals surface area contributed by atoms with Crippen molar-refractivity contribution in [3.63, 3.8) is 0 Å². The number of aromatic nitrogens is 1. The van der Waals surface area contributed by atoms with Gasteiger partial charge >= 0.3 is 0 Å². The molecule has 0 unspecified atom stereocenters. The molecule has 0 saturated carbocycles. The van der Waals surface area contributed by atoms with Gasteiger partial charge in [-0.25, -0.2) is 13.4 Å². The van der Waals surface area contributed by atoms with E-state index in [4.69, 9.17) is 0 Å². The number of carbonyl (C=O) groups excluding carboxylic acids is 1. The zero-order valence-electron chi connectivity index (χ0n) is 10.6. The minimum Gasteiger partial charge on any atom is -0.324 e. The number of pyridine rings is 1. The number of hydrogen-bond acceptors (Lipinski definition) is 5. The highest BCUT2D eigenvalue weighted by atomic mass is 32.2. The van der Waals surface area contributed by atoms with Crippen LogP contribution >= 0.6 is 0 Å². The van der Waals surface area contributed by atoms with Crippen molar-refractivity contribution in [3.8, 4) is 0 Å². The van der Waals surface area contributed by atoms with E-state index >= 15 is 0 Å². The van der Waals surface area contributed by atoms with Gasteiger partial charge < -0.3 is 10.6 Å². The highest BCUT2D eigenvalue weighted by molar-refractivity contribution is 7.90. The lowest BCUT2D eigenvalue weighted by Gasteiger charge is -2.08. The summed E-state index contributed by atoms with van der Waals surface area (Å²) in [6, 6.07) is 3.10. The van der Waals surface area contributed by atoms with Gasteiger partial charge in [0.2, 0.25) is 5.91 Å². The molecule has 1 amide bonds. The van der Waals surface area contributed by atoms with Gasteiger partial charge in [-0.05, 0) is 12.1 Å². The molecular weight excluding hydrogens is 254 g/mol. The van der Waals surface area contributed by atoms with Crippen molar-refractivity contribution >= 4 is 21.4 Å². The molecule has 0 aliphatic carbocycles. The Morgan fingerprint density at radius 2 is 2.06 bits per heavy atom. The number of amides is 1. The van der Waals surface area contributed by atoms with E-state index in [1.807, 2.05) is 13.8 Å². The number of sulfone groups is 1. The van der Waals surface area contributed by atoms with Crippen LogP contribution in [-0.4, -0.2) is 38.2 Å². The molecule has 100 valence electrons. The fraction of sp³-hybridized carbons (Fsp3) is 0.455. The second-order valence-electron chi connectivity index (χ2n) is 4.24. The number of carbonyl (C=O) groups is 1. The maximum absolute atomic E-state index is 11.5. The van der Waals surface area contributed by atoms with Crippen molar-refractivity contribution in [1.29, 1.82) is 0 Å². The Hall–Kier alpha value is -1.47. The predicted octanol–water partition coefficient (Wildman–Crippen LogP) is 0.422. The molecule has 7 heteroatoms. The van der Waals surface area contributed by atoms with Crippen molar-refractivity contribution in [2.24, 2.45) is 0 Å². The maximum atomic E-state index is 11.5. The van der Waals surface area contributed by atoms with E-state index in [9.17, 15) is 13.2 Å². The highest BCUT2D eigenvalue weighted by Crippen LogP contribution is 2.09. The molecule has 1 rings (SSSR count). The van der Waals surface area contributed by atoms with E-state index in [1.54, 1.807) is 0 Å². The Bertz CT molecular complexity index is 509. The molecule has 0 fully saturated rings. The number of nitrogens with zero attached hydrogens (tertiary/aromatic N) is 1. The van der Waals surface area contributed by atoms with Gasteiger partial charge in [0.25, 0.3) is 0 Å². The first-order valence-electron chi connectivity index (χ1n) is 5.48. The second kappa shape index (κ2) is 5.92. The summed E-state index contributed by atoms with van der Waals surface area (Å²) in [6.45, 7) is 4.08. The zero-order valence-corrected chi connectivity index (χ0v) is 11.4. The van der Waals surface area contributed by atoms with E-state index in [1.165, 1.54) is 18.3 Å². The minimum atomic E-state index is -3.31. The summed E-state index contributed by atoms with van der Waals surface area (Å²) in [5, 5.41) is 5.58. The Morgan fingerprint density at radius 3 is 2.50 bits per heavy atom. The average molecular weight is 271 g/mol. The van der Waals surface area contributed by atoms with Crippen LogP contribution in [0.3, 0.4) is 0 Å². The van der Waals surface area contributed by atoms with Crippen LogP contribution in [0.4, 0.5) is 5.69 Å². The molecule has 0 atom stereocenters. The van der Waals surface area contributed by atoms with Crippen molar-refractivity contribution in [1.82, 2.24) is 10.3 Å². The summed E-state index contributed by atoms with van der Waals surface area (Å²) in [4.78, 5) is 15.3. The largest absolute Gasteiger partial charge is 0.324 e. The monoisotopic (exact) mass is 271 g/mol. The third kappa shape index (κ3) is 4.80. The third-order valence-electron chi connectivity index (χ3n) is 2.07. The first kappa shape index (κ1) is 14.6. The van der Waals surface area contributed by atoms with Crippen LogP contribution in [0.1, 0.15) is 13.8 Å². The average Bonchev–Trinajstić information content (AvgIpc) is 2.26. The summed E-state index contributed by atoms with van der Waals surface area (Å²) in [5.74, 6) is -0.197. The van der Waals surface area contributed by atoms with Crippen LogP contribution in [-0.2, 0) is 14.6 Å². The number of hydrogen-bond donors (Lipinski definition) is 2. The lowest BCUT2D eigenvalue weighted by Crippen LogP contribution is -2.32. The molecule has 0 aliphatic heterocycles. The van der Waals surface area contributed by atoms with Crippen LogP contribution in [0.5, 0.6) is 0 Å². The van der Waals surface area contributed by atoms with Gasteiger partial charge in [-0.1, -0.05) is 13.8 Å². The molecule has 0 bridgehead atoms. The van der Waals surface area contributed by atoms with Gasteiger partial charge in [0.15, 0.2) is 14.9 Å². The fourth-order valence-electron chi connectivity index (χ4n) is 1.18. The number of rotatable bonds is 5. The SMILES string of the molecule is CC(C)NCC(=O)Nc1ccc(S(C)(=O)=O)nc1. The Kier molecular flexibility index (Phi) is 4.80. The van der Waals surface area contributed by atoms with E-state index in [0.717, 1.165) is 6.26 Å². The molecule has 18 heavy (non-hydrogen) atoms. The number of nitrogens with one attached hydrogen (secondary N) is 2. The fourth-order valence-corrected chi connectivity index (χ4v) is 1.73. The van der Waals surface area contributed by atoms with E-state index < -0.39 is 9.84 Å². The van der Waals surface area contributed by atoms with Gasteiger partial charge in [0, 0.05) is 12.3 Å². The molecule has 1 aromatic rings. The Balaban J connectivity index is 2.62. The van der Waals surface area contributed by atoms with Gasteiger partial charge in [-0.2, -0.15) is 0 Å². The quantitative estimate of drug-likeness (QED) is 0.810. The van der Waals surface area contributed by atoms with Crippen molar-refractivity contribution in [3.05, 3.63) is 18.3 Å². The van der Waals surface area contributed by atoms with Crippen LogP contribution in [0, 0.1) is 0 Å². The molecule has 0 radical (unpaired) electrons. The van der Waals surface area contributed by atoms with Gasteiger partial charge in [0.05, 0.1) is 18.4 Å². The molecule has 0 saturated heterocycles. The molecule has 2 N–H and O–H groups in total. The molecule has 1 aromatic heterocycles. The minimum absolute atomic E-state index is 0.0131. The first-order valence-corrected chi connectivity index (χ1v) is 7.37. The number of anilines is 1. The zero-order chi connectivity index (χ0) is 13.8. The van der Waals surface area contributed by atoms with Gasteiger partial charge in [-0.3, -0.25) is 4.79 Å². The summed E-state index contributed by atoms with van der Waals surface area (Å²) < 4.78 is 22.4. The lowest BCUT2D eigenvalue weighted by atomic mass is 10.3. The standard InChI is InChI=1S/C11H17N3O3S/c1-8(2)12-7-10(15)14-9-4-5-11(13-6-9)18(3,16)17/h4-6,8,12H,7H2,1-3H3,(H,14,15). The van der Waals surface area contributed by atoms with Gasteiger partial charge in [-0.15, -0.1) is 0 Å². The molecule has 6 nitrogen and oxygen atoms in total. The van der Waals surface area contributed by atoms with Crippen molar-refractivity contribution in [2.75, 3.05) is 18.1 Å². The smallest absolute Gasteiger partial charge is 0.238 e. The molecule has 0 aliphatic rings. The highest BCUT2D eigenvalue weighted by Gasteiger charge is 2.09. The second-order valence-corrected chi connectivity index (χ2v) is 6.20. The van der Waals surface area contributed by atoms with E-state index in [-0.39, 0.29) is 23.5 Å². The molecule has 1 heterocycles. The summed E-state index contributed by atoms with van der Waals surface area (Å²) >= 11 is 0. The Labute approximate surface area is 107 Å². The molecule has 0 aromatic carbocycles. The van der Waals surface area contributed by atoms with Crippen LogP contribution in [0.15, 0.2) is 23.4 Å². The van der Waals surface area contributed by atoms with Gasteiger partial charge in [0.1, 0.15) is 0 Å².